The molecule has 1 saturated carbocycles. The van der Waals surface area contributed by atoms with Gasteiger partial charge in [0.05, 0.1) is 24.8 Å². The van der Waals surface area contributed by atoms with Crippen LogP contribution in [0.2, 0.25) is 0 Å². The molecule has 2 N–H and O–H groups in total. The van der Waals surface area contributed by atoms with Gasteiger partial charge in [0.2, 0.25) is 5.91 Å². The van der Waals surface area contributed by atoms with Gasteiger partial charge in [-0.05, 0) is 51.1 Å². The Morgan fingerprint density at radius 2 is 2.05 bits per heavy atom. The van der Waals surface area contributed by atoms with E-state index in [4.69, 9.17) is 9.47 Å². The van der Waals surface area contributed by atoms with Crippen molar-refractivity contribution in [3.63, 3.8) is 0 Å². The van der Waals surface area contributed by atoms with E-state index in [0.29, 0.717) is 37.7 Å². The topological polar surface area (TPSA) is 109 Å². The summed E-state index contributed by atoms with van der Waals surface area (Å²) in [7, 11) is 3.69. The molecule has 1 unspecified atom stereocenters. The Kier molecular flexibility index (Phi) is 10.7. The Balaban J connectivity index is 1.54. The number of fused-ring (bicyclic) bond motifs is 1. The summed E-state index contributed by atoms with van der Waals surface area (Å²) in [5.41, 5.74) is 2.33. The number of nitrogens with one attached hydrogen (secondary N) is 2. The number of ether oxygens (including phenoxy) is 2. The lowest BCUT2D eigenvalue weighted by Gasteiger charge is -2.34. The number of nitrogens with zero attached hydrogens (tertiary/aromatic N) is 4. The number of amides is 3. The first-order chi connectivity index (χ1) is 19.3. The Bertz CT molecular complexity index is 1110. The predicted octanol–water partition coefficient (Wildman–Crippen LogP) is 3.87. The molecule has 1 aromatic carbocycles. The van der Waals surface area contributed by atoms with Gasteiger partial charge < -0.3 is 25.0 Å². The first-order valence-corrected chi connectivity index (χ1v) is 14.4. The van der Waals surface area contributed by atoms with Crippen LogP contribution in [0.4, 0.5) is 10.5 Å². The maximum Gasteiger partial charge on any atom is 0.319 e. The summed E-state index contributed by atoms with van der Waals surface area (Å²) < 4.78 is 12.0. The highest BCUT2D eigenvalue weighted by molar-refractivity contribution is 5.90. The van der Waals surface area contributed by atoms with Crippen LogP contribution >= 0.6 is 0 Å². The van der Waals surface area contributed by atoms with E-state index in [2.05, 4.69) is 32.4 Å². The molecule has 2 aliphatic rings. The molecule has 3 atom stereocenters. The van der Waals surface area contributed by atoms with Crippen molar-refractivity contribution < 1.29 is 19.1 Å². The summed E-state index contributed by atoms with van der Waals surface area (Å²) in [6.07, 6.45) is 8.86. The fourth-order valence-electron chi connectivity index (χ4n) is 5.62. The second-order valence-electron chi connectivity index (χ2n) is 11.3. The molecule has 0 spiro atoms. The lowest BCUT2D eigenvalue weighted by Crippen LogP contribution is -2.47. The van der Waals surface area contributed by atoms with E-state index < -0.39 is 0 Å². The number of anilines is 1. The molecule has 4 rings (SSSR count). The van der Waals surface area contributed by atoms with E-state index >= 15 is 0 Å². The van der Waals surface area contributed by atoms with Gasteiger partial charge in [-0.25, -0.2) is 14.8 Å². The average molecular weight is 553 g/mol. The number of rotatable bonds is 9. The summed E-state index contributed by atoms with van der Waals surface area (Å²) in [5, 5.41) is 6.06. The molecule has 1 aliphatic carbocycles. The number of benzene rings is 1. The molecule has 3 amide bonds. The van der Waals surface area contributed by atoms with Crippen LogP contribution in [0.5, 0.6) is 5.75 Å². The molecular formula is C30H44N6O4. The van der Waals surface area contributed by atoms with Crippen molar-refractivity contribution in [3.8, 4) is 5.75 Å². The molecule has 10 nitrogen and oxygen atoms in total. The van der Waals surface area contributed by atoms with Crippen molar-refractivity contribution in [3.05, 3.63) is 48.0 Å². The summed E-state index contributed by atoms with van der Waals surface area (Å²) in [4.78, 5) is 38.8. The Hall–Kier alpha value is -3.24. The summed E-state index contributed by atoms with van der Waals surface area (Å²) >= 11 is 0. The molecule has 2 heterocycles. The minimum absolute atomic E-state index is 0.0139. The van der Waals surface area contributed by atoms with Crippen LogP contribution < -0.4 is 15.4 Å². The zero-order valence-electron chi connectivity index (χ0n) is 24.3. The molecule has 40 heavy (non-hydrogen) atoms. The van der Waals surface area contributed by atoms with E-state index in [0.717, 1.165) is 36.9 Å². The third-order valence-corrected chi connectivity index (χ3v) is 7.83. The van der Waals surface area contributed by atoms with Gasteiger partial charge in [0, 0.05) is 56.2 Å². The molecule has 1 aromatic heterocycles. The number of carbonyl (C=O) groups is 2. The summed E-state index contributed by atoms with van der Waals surface area (Å²) in [6, 6.07) is 7.41. The fraction of sp³-hybridized carbons (Fsp3) is 0.600. The Morgan fingerprint density at radius 1 is 1.25 bits per heavy atom. The summed E-state index contributed by atoms with van der Waals surface area (Å²) in [5.74, 6) is 0.737. The number of carbonyl (C=O) groups excluding carboxylic acids is 2. The lowest BCUT2D eigenvalue weighted by molar-refractivity contribution is -0.134. The number of urea groups is 1. The van der Waals surface area contributed by atoms with E-state index in [-0.39, 0.29) is 42.5 Å². The maximum absolute atomic E-state index is 13.6. The van der Waals surface area contributed by atoms with Crippen molar-refractivity contribution in [1.82, 2.24) is 25.1 Å². The van der Waals surface area contributed by atoms with Gasteiger partial charge in [0.25, 0.3) is 0 Å². The van der Waals surface area contributed by atoms with Crippen LogP contribution in [-0.4, -0.2) is 83.7 Å². The molecule has 0 saturated heterocycles. The molecular weight excluding hydrogens is 508 g/mol. The number of aromatic nitrogens is 2. The van der Waals surface area contributed by atoms with Crippen LogP contribution in [0.1, 0.15) is 57.2 Å². The van der Waals surface area contributed by atoms with Crippen molar-refractivity contribution in [1.29, 1.82) is 0 Å². The van der Waals surface area contributed by atoms with Crippen LogP contribution in [0.25, 0.3) is 0 Å². The van der Waals surface area contributed by atoms with E-state index in [1.807, 2.05) is 43.1 Å². The number of hydrogen-bond acceptors (Lipinski definition) is 7. The van der Waals surface area contributed by atoms with Gasteiger partial charge in [-0.3, -0.25) is 9.69 Å². The van der Waals surface area contributed by atoms with Gasteiger partial charge in [0.1, 0.15) is 18.2 Å². The van der Waals surface area contributed by atoms with E-state index in [1.54, 1.807) is 19.6 Å². The van der Waals surface area contributed by atoms with Crippen molar-refractivity contribution in [2.45, 2.75) is 77.1 Å². The second-order valence-corrected chi connectivity index (χ2v) is 11.3. The SMILES string of the molecule is COC[C@H](C)N1CC(C)[C@H](CN(C)Cc2ccncn2)Oc2ccc(NC(=O)NC3CCCCC3)cc2CC1=O. The number of methoxy groups -OCH3 is 1. The first-order valence-electron chi connectivity index (χ1n) is 14.4. The highest BCUT2D eigenvalue weighted by Gasteiger charge is 2.31. The first kappa shape index (κ1) is 29.7. The predicted molar refractivity (Wildman–Crippen MR) is 154 cm³/mol. The standard InChI is InChI=1S/C30H44N6O4/c1-21-16-36(22(2)19-39-4)29(37)15-23-14-25(34-30(38)33-24-8-6-5-7-9-24)10-11-27(23)40-28(21)18-35(3)17-26-12-13-31-20-32-26/h10-14,20-22,24,28H,5-9,15-19H2,1-4H3,(H2,33,34,38)/t21?,22-,28-/m0/s1. The van der Waals surface area contributed by atoms with Crippen LogP contribution in [0.15, 0.2) is 36.8 Å². The maximum atomic E-state index is 13.6. The molecule has 0 bridgehead atoms. The highest BCUT2D eigenvalue weighted by atomic mass is 16.5. The quantitative estimate of drug-likeness (QED) is 0.486. The third kappa shape index (κ3) is 8.38. The molecule has 1 fully saturated rings. The lowest BCUT2D eigenvalue weighted by atomic mass is 9.96. The average Bonchev–Trinajstić information content (AvgIpc) is 2.97. The normalized spacial score (nSPS) is 21.0. The largest absolute Gasteiger partial charge is 0.488 e. The fourth-order valence-corrected chi connectivity index (χ4v) is 5.62. The minimum atomic E-state index is -0.213. The van der Waals surface area contributed by atoms with E-state index in [1.165, 1.54) is 6.42 Å². The van der Waals surface area contributed by atoms with Gasteiger partial charge in [0.15, 0.2) is 0 Å². The van der Waals surface area contributed by atoms with E-state index in [9.17, 15) is 9.59 Å². The third-order valence-electron chi connectivity index (χ3n) is 7.83. The minimum Gasteiger partial charge on any atom is -0.488 e. The molecule has 218 valence electrons. The van der Waals surface area contributed by atoms with Gasteiger partial charge in [-0.2, -0.15) is 0 Å². The van der Waals surface area contributed by atoms with Crippen LogP contribution in [-0.2, 0) is 22.5 Å². The zero-order valence-corrected chi connectivity index (χ0v) is 24.3. The summed E-state index contributed by atoms with van der Waals surface area (Å²) in [6.45, 7) is 6.45. The Labute approximate surface area is 237 Å². The van der Waals surface area contributed by atoms with Crippen LogP contribution in [0.3, 0.4) is 0 Å². The van der Waals surface area contributed by atoms with Gasteiger partial charge in [-0.15, -0.1) is 0 Å². The van der Waals surface area contributed by atoms with Crippen molar-refractivity contribution >= 4 is 17.6 Å². The number of likely N-dealkylation sites (N-methyl/N-ethyl adjacent to an activating group) is 1. The smallest absolute Gasteiger partial charge is 0.319 e. The monoisotopic (exact) mass is 552 g/mol. The Morgan fingerprint density at radius 3 is 2.77 bits per heavy atom. The van der Waals surface area contributed by atoms with Gasteiger partial charge >= 0.3 is 6.03 Å². The highest BCUT2D eigenvalue weighted by Crippen LogP contribution is 2.29. The number of hydrogen-bond donors (Lipinski definition) is 2. The molecule has 0 radical (unpaired) electrons. The molecule has 2 aromatic rings. The molecule has 1 aliphatic heterocycles. The van der Waals surface area contributed by atoms with Crippen molar-refractivity contribution in [2.24, 2.45) is 5.92 Å². The van der Waals surface area contributed by atoms with Gasteiger partial charge in [-0.1, -0.05) is 26.2 Å². The van der Waals surface area contributed by atoms with Crippen molar-refractivity contribution in [2.75, 3.05) is 39.2 Å². The second kappa shape index (κ2) is 14.4. The molecule has 10 heteroatoms. The van der Waals surface area contributed by atoms with Crippen LogP contribution in [0, 0.1) is 5.92 Å². The zero-order chi connectivity index (χ0) is 28.5.